The van der Waals surface area contributed by atoms with Gasteiger partial charge in [-0.3, -0.25) is 9.59 Å². The quantitative estimate of drug-likeness (QED) is 0.774. The molecule has 98 valence electrons. The second-order valence-corrected chi connectivity index (χ2v) is 4.56. The summed E-state index contributed by atoms with van der Waals surface area (Å²) >= 11 is 0. The Bertz CT molecular complexity index is 273. The maximum absolute atomic E-state index is 11.7. The maximum atomic E-state index is 11.7. The first-order valence-corrected chi connectivity index (χ1v) is 6.24. The topological polar surface area (TPSA) is 60.9 Å². The smallest absolute Gasteiger partial charge is 0.303 e. The first-order chi connectivity index (χ1) is 8.04. The number of aliphatic carboxylic acids is 1. The molecule has 0 aliphatic carbocycles. The zero-order valence-electron chi connectivity index (χ0n) is 10.7. The van der Waals surface area contributed by atoms with Gasteiger partial charge in [0.15, 0.2) is 0 Å². The highest BCUT2D eigenvalue weighted by Crippen LogP contribution is 2.16. The Morgan fingerprint density at radius 1 is 1.29 bits per heavy atom. The molecule has 0 spiro atoms. The summed E-state index contributed by atoms with van der Waals surface area (Å²) in [4.78, 5) is 26.3. The summed E-state index contributed by atoms with van der Waals surface area (Å²) in [6.45, 7) is 5.25. The molecule has 5 nitrogen and oxygen atoms in total. The average Bonchev–Trinajstić information content (AvgIpc) is 2.35. The fraction of sp³-hybridized carbons (Fsp3) is 0.833. The van der Waals surface area contributed by atoms with Crippen molar-refractivity contribution < 1.29 is 14.7 Å². The number of rotatable bonds is 5. The summed E-state index contributed by atoms with van der Waals surface area (Å²) in [5.74, 6) is -0.963. The number of carboxylic acids is 1. The standard InChI is InChI=1S/C12H22N2O3/c1-3-14-8-6-10(7-9-14)13(2)11(15)4-5-12(16)17/h10H,3-9H2,1-2H3,(H,16,17). The molecular weight excluding hydrogens is 220 g/mol. The van der Waals surface area contributed by atoms with Crippen molar-refractivity contribution in [3.63, 3.8) is 0 Å². The lowest BCUT2D eigenvalue weighted by Crippen LogP contribution is -2.45. The van der Waals surface area contributed by atoms with Crippen LogP contribution in [-0.2, 0) is 9.59 Å². The van der Waals surface area contributed by atoms with Crippen LogP contribution in [0.15, 0.2) is 0 Å². The van der Waals surface area contributed by atoms with E-state index in [9.17, 15) is 9.59 Å². The Balaban J connectivity index is 2.34. The Labute approximate surface area is 102 Å². The molecule has 1 saturated heterocycles. The first-order valence-electron chi connectivity index (χ1n) is 6.24. The Hall–Kier alpha value is -1.10. The van der Waals surface area contributed by atoms with Gasteiger partial charge in [-0.1, -0.05) is 6.92 Å². The largest absolute Gasteiger partial charge is 0.481 e. The van der Waals surface area contributed by atoms with Crippen LogP contribution in [0.5, 0.6) is 0 Å². The number of hydrogen-bond donors (Lipinski definition) is 1. The van der Waals surface area contributed by atoms with Gasteiger partial charge in [0.1, 0.15) is 0 Å². The normalized spacial score (nSPS) is 18.0. The molecular formula is C12H22N2O3. The van der Waals surface area contributed by atoms with Crippen molar-refractivity contribution in [2.24, 2.45) is 0 Å². The van der Waals surface area contributed by atoms with Crippen LogP contribution in [0, 0.1) is 0 Å². The second kappa shape index (κ2) is 6.59. The van der Waals surface area contributed by atoms with Crippen molar-refractivity contribution in [2.75, 3.05) is 26.7 Å². The molecule has 1 N–H and O–H groups in total. The van der Waals surface area contributed by atoms with Gasteiger partial charge in [-0.2, -0.15) is 0 Å². The molecule has 1 aliphatic rings. The Morgan fingerprint density at radius 2 is 1.88 bits per heavy atom. The van der Waals surface area contributed by atoms with E-state index in [4.69, 9.17) is 5.11 Å². The van der Waals surface area contributed by atoms with Crippen LogP contribution in [0.1, 0.15) is 32.6 Å². The van der Waals surface area contributed by atoms with E-state index >= 15 is 0 Å². The predicted molar refractivity (Wildman–Crippen MR) is 64.8 cm³/mol. The molecule has 0 bridgehead atoms. The van der Waals surface area contributed by atoms with Crippen molar-refractivity contribution in [1.29, 1.82) is 0 Å². The highest BCUT2D eigenvalue weighted by Gasteiger charge is 2.24. The summed E-state index contributed by atoms with van der Waals surface area (Å²) in [6.07, 6.45) is 2.02. The number of likely N-dealkylation sites (tertiary alicyclic amines) is 1. The Morgan fingerprint density at radius 3 is 2.35 bits per heavy atom. The van der Waals surface area contributed by atoms with Gasteiger partial charge in [-0.15, -0.1) is 0 Å². The van der Waals surface area contributed by atoms with Crippen molar-refractivity contribution in [2.45, 2.75) is 38.6 Å². The van der Waals surface area contributed by atoms with Gasteiger partial charge in [0.05, 0.1) is 6.42 Å². The molecule has 17 heavy (non-hydrogen) atoms. The molecule has 5 heteroatoms. The summed E-state index contributed by atoms with van der Waals surface area (Å²) in [6, 6.07) is 0.277. The fourth-order valence-electron chi connectivity index (χ4n) is 2.22. The number of piperidine rings is 1. The second-order valence-electron chi connectivity index (χ2n) is 4.56. The van der Waals surface area contributed by atoms with Crippen LogP contribution < -0.4 is 0 Å². The number of carboxylic acid groups (broad SMARTS) is 1. The third kappa shape index (κ3) is 4.34. The van der Waals surface area contributed by atoms with Crippen LogP contribution in [0.4, 0.5) is 0 Å². The molecule has 1 fully saturated rings. The Kier molecular flexibility index (Phi) is 5.41. The lowest BCUT2D eigenvalue weighted by molar-refractivity contribution is -0.141. The van der Waals surface area contributed by atoms with Crippen LogP contribution in [0.25, 0.3) is 0 Å². The molecule has 0 unspecified atom stereocenters. The zero-order valence-corrected chi connectivity index (χ0v) is 10.7. The van der Waals surface area contributed by atoms with Gasteiger partial charge in [0.25, 0.3) is 0 Å². The summed E-state index contributed by atoms with van der Waals surface area (Å²) in [5.41, 5.74) is 0. The number of amides is 1. The number of carbonyl (C=O) groups is 2. The van der Waals surface area contributed by atoms with E-state index in [1.807, 2.05) is 0 Å². The number of carbonyl (C=O) groups excluding carboxylic acids is 1. The first kappa shape index (κ1) is 14.0. The molecule has 0 saturated carbocycles. The molecule has 1 amide bonds. The number of hydrogen-bond acceptors (Lipinski definition) is 3. The summed E-state index contributed by atoms with van der Waals surface area (Å²) < 4.78 is 0. The fourth-order valence-corrected chi connectivity index (χ4v) is 2.22. The summed E-state index contributed by atoms with van der Waals surface area (Å²) in [5, 5.41) is 8.54. The SMILES string of the molecule is CCN1CCC(N(C)C(=O)CCC(=O)O)CC1. The van der Waals surface area contributed by atoms with Gasteiger partial charge >= 0.3 is 5.97 Å². The molecule has 1 aliphatic heterocycles. The van der Waals surface area contributed by atoms with E-state index in [2.05, 4.69) is 11.8 Å². The molecule has 1 heterocycles. The van der Waals surface area contributed by atoms with E-state index < -0.39 is 5.97 Å². The van der Waals surface area contributed by atoms with E-state index in [0.717, 1.165) is 32.5 Å². The molecule has 0 aromatic carbocycles. The zero-order chi connectivity index (χ0) is 12.8. The molecule has 0 atom stereocenters. The highest BCUT2D eigenvalue weighted by molar-refractivity contribution is 5.80. The van der Waals surface area contributed by atoms with Crippen molar-refractivity contribution >= 4 is 11.9 Å². The van der Waals surface area contributed by atoms with E-state index in [0.29, 0.717) is 0 Å². The minimum atomic E-state index is -0.910. The van der Waals surface area contributed by atoms with Gasteiger partial charge < -0.3 is 14.9 Å². The van der Waals surface area contributed by atoms with Crippen LogP contribution in [-0.4, -0.2) is 59.5 Å². The average molecular weight is 242 g/mol. The lowest BCUT2D eigenvalue weighted by Gasteiger charge is -2.36. The maximum Gasteiger partial charge on any atom is 0.303 e. The van der Waals surface area contributed by atoms with Gasteiger partial charge in [0, 0.05) is 32.6 Å². The van der Waals surface area contributed by atoms with Gasteiger partial charge in [-0.25, -0.2) is 0 Å². The number of nitrogens with zero attached hydrogens (tertiary/aromatic N) is 2. The highest BCUT2D eigenvalue weighted by atomic mass is 16.4. The van der Waals surface area contributed by atoms with Crippen LogP contribution >= 0.6 is 0 Å². The predicted octanol–water partition coefficient (Wildman–Crippen LogP) is 0.794. The summed E-state index contributed by atoms with van der Waals surface area (Å²) in [7, 11) is 1.79. The van der Waals surface area contributed by atoms with Crippen LogP contribution in [0.2, 0.25) is 0 Å². The monoisotopic (exact) mass is 242 g/mol. The molecule has 0 aromatic heterocycles. The van der Waals surface area contributed by atoms with E-state index in [1.165, 1.54) is 0 Å². The van der Waals surface area contributed by atoms with Crippen LogP contribution in [0.3, 0.4) is 0 Å². The lowest BCUT2D eigenvalue weighted by atomic mass is 10.0. The molecule has 0 aromatic rings. The van der Waals surface area contributed by atoms with E-state index in [1.54, 1.807) is 11.9 Å². The van der Waals surface area contributed by atoms with E-state index in [-0.39, 0.29) is 24.8 Å². The van der Waals surface area contributed by atoms with Crippen molar-refractivity contribution in [1.82, 2.24) is 9.80 Å². The minimum Gasteiger partial charge on any atom is -0.481 e. The molecule has 1 rings (SSSR count). The van der Waals surface area contributed by atoms with Crippen molar-refractivity contribution in [3.8, 4) is 0 Å². The van der Waals surface area contributed by atoms with Gasteiger partial charge in [-0.05, 0) is 19.4 Å². The van der Waals surface area contributed by atoms with Gasteiger partial charge in [0.2, 0.25) is 5.91 Å². The minimum absolute atomic E-state index is 0.0534. The molecule has 0 radical (unpaired) electrons. The third-order valence-electron chi connectivity index (χ3n) is 3.50. The third-order valence-corrected chi connectivity index (χ3v) is 3.50. The van der Waals surface area contributed by atoms with Crippen molar-refractivity contribution in [3.05, 3.63) is 0 Å².